The van der Waals surface area contributed by atoms with Crippen molar-refractivity contribution in [3.63, 3.8) is 0 Å². The third kappa shape index (κ3) is 4.66. The number of rotatable bonds is 5. The number of likely N-dealkylation sites (tertiary alicyclic amines) is 1. The van der Waals surface area contributed by atoms with Crippen LogP contribution in [0.3, 0.4) is 0 Å². The second kappa shape index (κ2) is 8.09. The van der Waals surface area contributed by atoms with Gasteiger partial charge in [-0.15, -0.1) is 0 Å². The van der Waals surface area contributed by atoms with Gasteiger partial charge in [0.2, 0.25) is 0 Å². The number of aromatic nitrogens is 2. The molecule has 3 rings (SSSR count). The highest BCUT2D eigenvalue weighted by Crippen LogP contribution is 2.24. The minimum Gasteiger partial charge on any atom is -0.301 e. The van der Waals surface area contributed by atoms with E-state index in [0.717, 1.165) is 23.7 Å². The Morgan fingerprint density at radius 2 is 1.72 bits per heavy atom. The van der Waals surface area contributed by atoms with Crippen molar-refractivity contribution in [3.8, 4) is 11.4 Å². The van der Waals surface area contributed by atoms with Gasteiger partial charge in [0.25, 0.3) is 0 Å². The zero-order valence-corrected chi connectivity index (χ0v) is 16.1. The van der Waals surface area contributed by atoms with Crippen molar-refractivity contribution in [2.24, 2.45) is 5.92 Å². The minimum atomic E-state index is 0.524. The molecule has 134 valence electrons. The molecule has 0 N–H and O–H groups in total. The molecule has 0 radical (unpaired) electrons. The first-order chi connectivity index (χ1) is 12.0. The van der Waals surface area contributed by atoms with E-state index >= 15 is 0 Å². The predicted octanol–water partition coefficient (Wildman–Crippen LogP) is 4.93. The fraction of sp³-hybridized carbons (Fsp3) is 0.545. The maximum Gasteiger partial charge on any atom is 0.159 e. The summed E-state index contributed by atoms with van der Waals surface area (Å²) in [6.07, 6.45) is 7.74. The molecule has 1 fully saturated rings. The van der Waals surface area contributed by atoms with E-state index in [2.05, 4.69) is 66.8 Å². The van der Waals surface area contributed by atoms with Gasteiger partial charge in [0, 0.05) is 24.0 Å². The molecule has 0 unspecified atom stereocenters. The van der Waals surface area contributed by atoms with Crippen molar-refractivity contribution in [2.75, 3.05) is 13.1 Å². The predicted molar refractivity (Wildman–Crippen MR) is 105 cm³/mol. The smallest absolute Gasteiger partial charge is 0.159 e. The highest BCUT2D eigenvalue weighted by molar-refractivity contribution is 5.56. The summed E-state index contributed by atoms with van der Waals surface area (Å²) in [6, 6.07) is 9.26. The first-order valence-electron chi connectivity index (χ1n) is 9.68. The molecule has 3 heteroatoms. The Labute approximate surface area is 152 Å². The molecule has 1 aliphatic heterocycles. The van der Waals surface area contributed by atoms with Gasteiger partial charge in [0.05, 0.1) is 0 Å². The molecule has 25 heavy (non-hydrogen) atoms. The molecule has 1 aliphatic rings. The molecule has 0 bridgehead atoms. The Morgan fingerprint density at radius 1 is 1.04 bits per heavy atom. The highest BCUT2D eigenvalue weighted by Gasteiger charge is 2.21. The fourth-order valence-corrected chi connectivity index (χ4v) is 3.65. The Balaban J connectivity index is 1.62. The van der Waals surface area contributed by atoms with Crippen LogP contribution in [0.25, 0.3) is 11.4 Å². The fourth-order valence-electron chi connectivity index (χ4n) is 3.65. The molecular weight excluding hydrogens is 306 g/mol. The average Bonchev–Trinajstić information content (AvgIpc) is 2.63. The first kappa shape index (κ1) is 18.1. The van der Waals surface area contributed by atoms with Gasteiger partial charge in [-0.05, 0) is 75.2 Å². The minimum absolute atomic E-state index is 0.524. The molecule has 1 saturated heterocycles. The molecule has 0 amide bonds. The third-order valence-corrected chi connectivity index (χ3v) is 5.42. The monoisotopic (exact) mass is 337 g/mol. The molecule has 0 spiro atoms. The van der Waals surface area contributed by atoms with Crippen LogP contribution < -0.4 is 0 Å². The van der Waals surface area contributed by atoms with Crippen molar-refractivity contribution in [3.05, 3.63) is 47.8 Å². The van der Waals surface area contributed by atoms with E-state index in [0.29, 0.717) is 12.0 Å². The molecular formula is C22H31N3. The van der Waals surface area contributed by atoms with Gasteiger partial charge in [0.15, 0.2) is 5.82 Å². The summed E-state index contributed by atoms with van der Waals surface area (Å²) >= 11 is 0. The molecule has 1 aromatic carbocycles. The number of hydrogen-bond acceptors (Lipinski definition) is 3. The number of piperidine rings is 1. The van der Waals surface area contributed by atoms with Crippen LogP contribution in [0.1, 0.15) is 57.6 Å². The number of hydrogen-bond donors (Lipinski definition) is 0. The van der Waals surface area contributed by atoms with Crippen LogP contribution in [0, 0.1) is 5.92 Å². The van der Waals surface area contributed by atoms with Gasteiger partial charge in [-0.25, -0.2) is 9.97 Å². The molecule has 3 nitrogen and oxygen atoms in total. The van der Waals surface area contributed by atoms with E-state index in [-0.39, 0.29) is 0 Å². The lowest BCUT2D eigenvalue weighted by molar-refractivity contribution is 0.149. The van der Waals surface area contributed by atoms with E-state index < -0.39 is 0 Å². The summed E-state index contributed by atoms with van der Waals surface area (Å²) in [5, 5.41) is 0. The maximum absolute atomic E-state index is 4.64. The van der Waals surface area contributed by atoms with E-state index in [1.54, 1.807) is 0 Å². The molecule has 1 aromatic heterocycles. The Bertz CT molecular complexity index is 668. The first-order valence-corrected chi connectivity index (χ1v) is 9.68. The highest BCUT2D eigenvalue weighted by atomic mass is 15.1. The summed E-state index contributed by atoms with van der Waals surface area (Å²) in [5.74, 6) is 2.13. The van der Waals surface area contributed by atoms with Crippen molar-refractivity contribution >= 4 is 0 Å². The largest absolute Gasteiger partial charge is 0.301 e. The van der Waals surface area contributed by atoms with Crippen LogP contribution in [0.5, 0.6) is 0 Å². The normalized spacial score (nSPS) is 16.7. The van der Waals surface area contributed by atoms with Crippen LogP contribution in [-0.4, -0.2) is 34.0 Å². The molecule has 0 saturated carbocycles. The summed E-state index contributed by atoms with van der Waals surface area (Å²) in [7, 11) is 0. The molecule has 2 heterocycles. The average molecular weight is 338 g/mol. The lowest BCUT2D eigenvalue weighted by atomic mass is 9.90. The zero-order chi connectivity index (χ0) is 17.8. The number of benzene rings is 1. The summed E-state index contributed by atoms with van der Waals surface area (Å²) in [5.41, 5.74) is 3.72. The quantitative estimate of drug-likeness (QED) is 0.774. The van der Waals surface area contributed by atoms with Gasteiger partial charge < -0.3 is 4.90 Å². The van der Waals surface area contributed by atoms with Crippen molar-refractivity contribution in [2.45, 2.75) is 58.9 Å². The second-order valence-corrected chi connectivity index (χ2v) is 7.97. The topological polar surface area (TPSA) is 29.0 Å². The van der Waals surface area contributed by atoms with Crippen LogP contribution >= 0.6 is 0 Å². The van der Waals surface area contributed by atoms with Crippen LogP contribution in [0.15, 0.2) is 36.7 Å². The Morgan fingerprint density at radius 3 is 2.32 bits per heavy atom. The van der Waals surface area contributed by atoms with E-state index in [9.17, 15) is 0 Å². The number of nitrogens with zero attached hydrogens (tertiary/aromatic N) is 3. The molecule has 0 atom stereocenters. The van der Waals surface area contributed by atoms with Crippen molar-refractivity contribution in [1.82, 2.24) is 14.9 Å². The summed E-state index contributed by atoms with van der Waals surface area (Å²) in [6.45, 7) is 11.5. The second-order valence-electron chi connectivity index (χ2n) is 7.97. The van der Waals surface area contributed by atoms with Gasteiger partial charge in [-0.2, -0.15) is 0 Å². The zero-order valence-electron chi connectivity index (χ0n) is 16.1. The third-order valence-electron chi connectivity index (χ3n) is 5.42. The molecule has 0 aliphatic carbocycles. The SMILES string of the molecule is CC(C)c1cccc(-c2ncc(CC3CCN(C(C)C)CC3)cn2)c1. The summed E-state index contributed by atoms with van der Waals surface area (Å²) in [4.78, 5) is 11.9. The van der Waals surface area contributed by atoms with Gasteiger partial charge in [-0.3, -0.25) is 0 Å². The van der Waals surface area contributed by atoms with E-state index in [1.807, 2.05) is 12.4 Å². The van der Waals surface area contributed by atoms with E-state index in [1.165, 1.54) is 37.1 Å². The van der Waals surface area contributed by atoms with Gasteiger partial charge >= 0.3 is 0 Å². The molecule has 2 aromatic rings. The van der Waals surface area contributed by atoms with Crippen molar-refractivity contribution < 1.29 is 0 Å². The van der Waals surface area contributed by atoms with E-state index in [4.69, 9.17) is 0 Å². The van der Waals surface area contributed by atoms with Crippen LogP contribution in [-0.2, 0) is 6.42 Å². The lowest BCUT2D eigenvalue weighted by Crippen LogP contribution is -2.38. The van der Waals surface area contributed by atoms with Gasteiger partial charge in [-0.1, -0.05) is 32.0 Å². The van der Waals surface area contributed by atoms with Crippen LogP contribution in [0.4, 0.5) is 0 Å². The standard InChI is InChI=1S/C22H31N3/c1-16(2)20-6-5-7-21(13-20)22-23-14-19(15-24-22)12-18-8-10-25(11-9-18)17(3)4/h5-7,13-18H,8-12H2,1-4H3. The Hall–Kier alpha value is -1.74. The van der Waals surface area contributed by atoms with Crippen LogP contribution in [0.2, 0.25) is 0 Å². The van der Waals surface area contributed by atoms with Gasteiger partial charge in [0.1, 0.15) is 0 Å². The van der Waals surface area contributed by atoms with Crippen molar-refractivity contribution in [1.29, 1.82) is 0 Å². The summed E-state index contributed by atoms with van der Waals surface area (Å²) < 4.78 is 0. The Kier molecular flexibility index (Phi) is 5.85. The lowest BCUT2D eigenvalue weighted by Gasteiger charge is -2.34. The maximum atomic E-state index is 4.64.